The third-order valence-corrected chi connectivity index (χ3v) is 4.51. The fraction of sp³-hybridized carbons (Fsp3) is 0.526. The van der Waals surface area contributed by atoms with Crippen molar-refractivity contribution >= 4 is 17.7 Å². The van der Waals surface area contributed by atoms with E-state index in [0.29, 0.717) is 23.7 Å². The molecule has 1 aromatic carbocycles. The molecule has 2 rings (SSSR count). The van der Waals surface area contributed by atoms with Crippen molar-refractivity contribution in [2.45, 2.75) is 38.6 Å². The zero-order chi connectivity index (χ0) is 18.9. The molecular weight excluding hydrogens is 336 g/mol. The number of hydrogen-bond acceptors (Lipinski definition) is 5. The number of carbonyl (C=O) groups excluding carboxylic acids is 2. The number of carboxylic acids is 1. The molecule has 1 fully saturated rings. The van der Waals surface area contributed by atoms with Gasteiger partial charge in [0.15, 0.2) is 12.4 Å². The molecule has 0 spiro atoms. The number of rotatable bonds is 9. The maximum atomic E-state index is 12.4. The molecule has 0 unspecified atom stereocenters. The summed E-state index contributed by atoms with van der Waals surface area (Å²) in [6, 6.07) is 5.61. The van der Waals surface area contributed by atoms with Gasteiger partial charge in [0, 0.05) is 12.0 Å². The first-order valence-electron chi connectivity index (χ1n) is 8.94. The Hall–Kier alpha value is -2.41. The molecule has 0 saturated carbocycles. The third kappa shape index (κ3) is 6.48. The fourth-order valence-corrected chi connectivity index (χ4v) is 3.00. The Kier molecular flexibility index (Phi) is 7.59. The molecule has 1 aromatic rings. The van der Waals surface area contributed by atoms with Gasteiger partial charge < -0.3 is 20.5 Å². The predicted molar refractivity (Wildman–Crippen MR) is 96.3 cm³/mol. The quantitative estimate of drug-likeness (QED) is 0.577. The summed E-state index contributed by atoms with van der Waals surface area (Å²) in [5.41, 5.74) is 0.443. The molecule has 0 aliphatic carbocycles. The molecular formula is C19H26N2O5. The lowest BCUT2D eigenvalue weighted by atomic mass is 9.93. The van der Waals surface area contributed by atoms with Crippen LogP contribution in [0.4, 0.5) is 0 Å². The van der Waals surface area contributed by atoms with Crippen LogP contribution in [0.5, 0.6) is 5.75 Å². The van der Waals surface area contributed by atoms with Gasteiger partial charge in [-0.2, -0.15) is 0 Å². The minimum absolute atomic E-state index is 0.106. The Bertz CT molecular complexity index is 623. The van der Waals surface area contributed by atoms with E-state index in [1.807, 2.05) is 0 Å². The summed E-state index contributed by atoms with van der Waals surface area (Å²) in [5, 5.41) is 14.6. The van der Waals surface area contributed by atoms with Crippen molar-refractivity contribution in [1.29, 1.82) is 0 Å². The second kappa shape index (κ2) is 9.91. The van der Waals surface area contributed by atoms with Gasteiger partial charge in [0.05, 0.1) is 6.04 Å². The molecule has 1 aliphatic heterocycles. The largest absolute Gasteiger partial charge is 0.482 e. The number of ether oxygens (including phenoxy) is 1. The molecule has 142 valence electrons. The molecule has 1 saturated heterocycles. The molecule has 0 aromatic heterocycles. The van der Waals surface area contributed by atoms with E-state index in [2.05, 4.69) is 10.6 Å². The standard InChI is InChI=1S/C19H26N2O5/c1-13(21-17(22)7-2-14-8-10-20-11-9-14)19(25)15-3-5-16(6-4-15)26-12-18(23)24/h3-6,13-14,20H,2,7-12H2,1H3,(H,21,22)(H,23,24)/t13-/m0/s1. The highest BCUT2D eigenvalue weighted by atomic mass is 16.5. The average molecular weight is 362 g/mol. The van der Waals surface area contributed by atoms with Crippen LogP contribution < -0.4 is 15.4 Å². The molecule has 3 N–H and O–H groups in total. The number of hydrogen-bond donors (Lipinski definition) is 3. The molecule has 0 radical (unpaired) electrons. The van der Waals surface area contributed by atoms with E-state index in [9.17, 15) is 14.4 Å². The van der Waals surface area contributed by atoms with Gasteiger partial charge in [-0.15, -0.1) is 0 Å². The van der Waals surface area contributed by atoms with Gasteiger partial charge in [0.1, 0.15) is 5.75 Å². The van der Waals surface area contributed by atoms with E-state index in [1.54, 1.807) is 31.2 Å². The van der Waals surface area contributed by atoms with Crippen molar-refractivity contribution in [3.8, 4) is 5.75 Å². The highest BCUT2D eigenvalue weighted by molar-refractivity contribution is 6.01. The van der Waals surface area contributed by atoms with Gasteiger partial charge in [-0.3, -0.25) is 9.59 Å². The Morgan fingerprint density at radius 3 is 2.50 bits per heavy atom. The summed E-state index contributed by atoms with van der Waals surface area (Å²) in [4.78, 5) is 35.0. The first-order valence-corrected chi connectivity index (χ1v) is 8.94. The number of carbonyl (C=O) groups is 3. The van der Waals surface area contributed by atoms with Crippen LogP contribution in [0.25, 0.3) is 0 Å². The molecule has 1 heterocycles. The summed E-state index contributed by atoms with van der Waals surface area (Å²) in [7, 11) is 0. The molecule has 1 amide bonds. The molecule has 1 aliphatic rings. The van der Waals surface area contributed by atoms with Gasteiger partial charge in [0.2, 0.25) is 5.91 Å². The summed E-state index contributed by atoms with van der Waals surface area (Å²) < 4.78 is 5.03. The normalized spacial score (nSPS) is 15.9. The number of aliphatic carboxylic acids is 1. The Labute approximate surface area is 153 Å². The number of carboxylic acid groups (broad SMARTS) is 1. The van der Waals surface area contributed by atoms with Gasteiger partial charge >= 0.3 is 5.97 Å². The number of piperidine rings is 1. The summed E-state index contributed by atoms with van der Waals surface area (Å²) in [6.45, 7) is 3.25. The number of benzene rings is 1. The highest BCUT2D eigenvalue weighted by Gasteiger charge is 2.19. The second-order valence-electron chi connectivity index (χ2n) is 6.59. The van der Waals surface area contributed by atoms with Crippen LogP contribution in [0.3, 0.4) is 0 Å². The van der Waals surface area contributed by atoms with Gasteiger partial charge in [-0.1, -0.05) is 0 Å². The zero-order valence-corrected chi connectivity index (χ0v) is 15.0. The minimum atomic E-state index is -1.06. The lowest BCUT2D eigenvalue weighted by molar-refractivity contribution is -0.139. The lowest BCUT2D eigenvalue weighted by Gasteiger charge is -2.22. The third-order valence-electron chi connectivity index (χ3n) is 4.51. The first kappa shape index (κ1) is 19.9. The van der Waals surface area contributed by atoms with E-state index >= 15 is 0 Å². The van der Waals surface area contributed by atoms with Crippen LogP contribution in [-0.2, 0) is 9.59 Å². The zero-order valence-electron chi connectivity index (χ0n) is 15.0. The highest BCUT2D eigenvalue weighted by Crippen LogP contribution is 2.18. The van der Waals surface area contributed by atoms with E-state index < -0.39 is 18.6 Å². The molecule has 0 bridgehead atoms. The predicted octanol–water partition coefficient (Wildman–Crippen LogP) is 1.62. The van der Waals surface area contributed by atoms with Crippen LogP contribution in [0.1, 0.15) is 43.0 Å². The smallest absolute Gasteiger partial charge is 0.341 e. The van der Waals surface area contributed by atoms with E-state index in [1.165, 1.54) is 0 Å². The van der Waals surface area contributed by atoms with Crippen LogP contribution in [0.2, 0.25) is 0 Å². The second-order valence-corrected chi connectivity index (χ2v) is 6.59. The van der Waals surface area contributed by atoms with Gasteiger partial charge in [0.25, 0.3) is 0 Å². The van der Waals surface area contributed by atoms with Crippen molar-refractivity contribution < 1.29 is 24.2 Å². The first-order chi connectivity index (χ1) is 12.5. The average Bonchev–Trinajstić information content (AvgIpc) is 2.65. The van der Waals surface area contributed by atoms with Crippen molar-refractivity contribution in [3.05, 3.63) is 29.8 Å². The number of nitrogens with one attached hydrogen (secondary N) is 2. The molecule has 26 heavy (non-hydrogen) atoms. The number of amides is 1. The van der Waals surface area contributed by atoms with Crippen molar-refractivity contribution in [2.75, 3.05) is 19.7 Å². The lowest BCUT2D eigenvalue weighted by Crippen LogP contribution is -2.38. The van der Waals surface area contributed by atoms with Crippen LogP contribution in [0.15, 0.2) is 24.3 Å². The maximum Gasteiger partial charge on any atom is 0.341 e. The summed E-state index contributed by atoms with van der Waals surface area (Å²) >= 11 is 0. The van der Waals surface area contributed by atoms with Crippen molar-refractivity contribution in [1.82, 2.24) is 10.6 Å². The maximum absolute atomic E-state index is 12.4. The van der Waals surface area contributed by atoms with E-state index in [-0.39, 0.29) is 11.7 Å². The van der Waals surface area contributed by atoms with Crippen molar-refractivity contribution in [2.24, 2.45) is 5.92 Å². The summed E-state index contributed by atoms with van der Waals surface area (Å²) in [5.74, 6) is -0.407. The Morgan fingerprint density at radius 1 is 1.23 bits per heavy atom. The topological polar surface area (TPSA) is 105 Å². The van der Waals surface area contributed by atoms with E-state index in [4.69, 9.17) is 9.84 Å². The fourth-order valence-electron chi connectivity index (χ4n) is 3.00. The Balaban J connectivity index is 1.78. The monoisotopic (exact) mass is 362 g/mol. The number of ketones is 1. The Morgan fingerprint density at radius 2 is 1.88 bits per heavy atom. The molecule has 7 nitrogen and oxygen atoms in total. The van der Waals surface area contributed by atoms with Gasteiger partial charge in [-0.25, -0.2) is 4.79 Å². The van der Waals surface area contributed by atoms with Crippen LogP contribution in [0, 0.1) is 5.92 Å². The SMILES string of the molecule is C[C@H](NC(=O)CCC1CCNCC1)C(=O)c1ccc(OCC(=O)O)cc1. The summed E-state index contributed by atoms with van der Waals surface area (Å²) in [6.07, 6.45) is 3.48. The van der Waals surface area contributed by atoms with Crippen LogP contribution >= 0.6 is 0 Å². The number of Topliss-reactive ketones (excluding diaryl/α,β-unsaturated/α-hetero) is 1. The molecule has 7 heteroatoms. The van der Waals surface area contributed by atoms with Gasteiger partial charge in [-0.05, 0) is 69.5 Å². The van der Waals surface area contributed by atoms with E-state index in [0.717, 1.165) is 32.4 Å². The van der Waals surface area contributed by atoms with Crippen LogP contribution in [-0.4, -0.2) is 48.5 Å². The minimum Gasteiger partial charge on any atom is -0.482 e. The molecule has 1 atom stereocenters. The van der Waals surface area contributed by atoms with Crippen molar-refractivity contribution in [3.63, 3.8) is 0 Å².